The fraction of sp³-hybridized carbons (Fsp3) is 0.125. The summed E-state index contributed by atoms with van der Waals surface area (Å²) in [5.41, 5.74) is 6.26. The smallest absolute Gasteiger partial charge is 0.343 e. The second kappa shape index (κ2) is 3.63. The van der Waals surface area contributed by atoms with Crippen LogP contribution in [-0.4, -0.2) is 19.2 Å². The number of nitrogen functional groups attached to an aromatic ring is 1. The van der Waals surface area contributed by atoms with Gasteiger partial charge in [-0.2, -0.15) is 8.78 Å². The Hall–Kier alpha value is -1.28. The van der Waals surface area contributed by atoms with E-state index in [1.807, 2.05) is 0 Å². The second-order valence-electron chi connectivity index (χ2n) is 3.01. The van der Waals surface area contributed by atoms with E-state index in [-0.39, 0.29) is 0 Å². The number of sulfone groups is 1. The van der Waals surface area contributed by atoms with E-state index in [1.54, 1.807) is 0 Å². The Morgan fingerprint density at radius 2 is 2.06 bits per heavy atom. The number of anilines is 1. The fourth-order valence-corrected chi connectivity index (χ4v) is 3.19. The largest absolute Gasteiger partial charge is 0.399 e. The summed E-state index contributed by atoms with van der Waals surface area (Å²) < 4.78 is 46.7. The van der Waals surface area contributed by atoms with Gasteiger partial charge in [0.2, 0.25) is 4.34 Å². The van der Waals surface area contributed by atoms with E-state index in [2.05, 4.69) is 4.98 Å². The van der Waals surface area contributed by atoms with Crippen molar-refractivity contribution in [2.24, 2.45) is 0 Å². The number of nitrogens with zero attached hydrogens (tertiary/aromatic N) is 1. The third kappa shape index (κ3) is 1.74. The van der Waals surface area contributed by atoms with E-state index in [9.17, 15) is 17.2 Å². The average molecular weight is 264 g/mol. The third-order valence-electron chi connectivity index (χ3n) is 1.87. The van der Waals surface area contributed by atoms with E-state index in [0.717, 1.165) is 0 Å². The van der Waals surface area contributed by atoms with Crippen LogP contribution in [0.3, 0.4) is 0 Å². The number of hydrogen-bond donors (Lipinski definition) is 1. The van der Waals surface area contributed by atoms with Crippen LogP contribution in [0.15, 0.2) is 22.5 Å². The van der Waals surface area contributed by atoms with Crippen LogP contribution in [0, 0.1) is 0 Å². The maximum absolute atomic E-state index is 12.3. The van der Waals surface area contributed by atoms with Gasteiger partial charge in [-0.15, -0.1) is 11.3 Å². The number of thiazole rings is 1. The molecule has 0 aliphatic heterocycles. The van der Waals surface area contributed by atoms with E-state index in [0.29, 0.717) is 27.2 Å². The van der Waals surface area contributed by atoms with Crippen molar-refractivity contribution in [1.82, 2.24) is 4.98 Å². The monoisotopic (exact) mass is 264 g/mol. The van der Waals surface area contributed by atoms with Crippen LogP contribution in [-0.2, 0) is 9.84 Å². The first-order valence-electron chi connectivity index (χ1n) is 4.09. The Labute approximate surface area is 93.6 Å². The van der Waals surface area contributed by atoms with Gasteiger partial charge in [0.05, 0.1) is 10.2 Å². The predicted octanol–water partition coefficient (Wildman–Crippen LogP) is 1.87. The summed E-state index contributed by atoms with van der Waals surface area (Å²) in [7, 11) is -4.62. The van der Waals surface area contributed by atoms with Crippen LogP contribution in [0.2, 0.25) is 0 Å². The SMILES string of the molecule is Nc1ccc2nc(S(=O)(=O)C(F)F)sc2c1. The van der Waals surface area contributed by atoms with Crippen LogP contribution in [0.25, 0.3) is 10.2 Å². The van der Waals surface area contributed by atoms with E-state index >= 15 is 0 Å². The number of fused-ring (bicyclic) bond motifs is 1. The Kier molecular flexibility index (Phi) is 2.55. The molecule has 1 heterocycles. The van der Waals surface area contributed by atoms with Crippen LogP contribution in [0.4, 0.5) is 14.5 Å². The summed E-state index contributed by atoms with van der Waals surface area (Å²) in [6.45, 7) is 0. The highest BCUT2D eigenvalue weighted by Gasteiger charge is 2.30. The number of aromatic nitrogens is 1. The minimum absolute atomic E-state index is 0.346. The average Bonchev–Trinajstić information content (AvgIpc) is 2.60. The van der Waals surface area contributed by atoms with Crippen LogP contribution >= 0.6 is 11.3 Å². The fourth-order valence-electron chi connectivity index (χ4n) is 1.12. The Balaban J connectivity index is 2.65. The first-order chi connectivity index (χ1) is 7.41. The van der Waals surface area contributed by atoms with E-state index in [4.69, 9.17) is 5.73 Å². The van der Waals surface area contributed by atoms with Crippen molar-refractivity contribution in [3.63, 3.8) is 0 Å². The predicted molar refractivity (Wildman–Crippen MR) is 57.2 cm³/mol. The van der Waals surface area contributed by atoms with Crippen molar-refractivity contribution in [3.05, 3.63) is 18.2 Å². The lowest BCUT2D eigenvalue weighted by molar-refractivity contribution is 0.234. The van der Waals surface area contributed by atoms with Crippen LogP contribution < -0.4 is 5.73 Å². The zero-order valence-corrected chi connectivity index (χ0v) is 9.36. The highest BCUT2D eigenvalue weighted by atomic mass is 32.2. The molecule has 0 aliphatic carbocycles. The normalized spacial score (nSPS) is 12.4. The van der Waals surface area contributed by atoms with Gasteiger partial charge in [0, 0.05) is 5.69 Å². The van der Waals surface area contributed by atoms with Crippen molar-refractivity contribution in [1.29, 1.82) is 0 Å². The van der Waals surface area contributed by atoms with Gasteiger partial charge in [-0.3, -0.25) is 0 Å². The number of halogens is 2. The topological polar surface area (TPSA) is 73.0 Å². The van der Waals surface area contributed by atoms with Gasteiger partial charge in [0.15, 0.2) is 0 Å². The molecule has 0 bridgehead atoms. The molecule has 0 saturated carbocycles. The maximum atomic E-state index is 12.3. The Bertz CT molecular complexity index is 637. The molecule has 4 nitrogen and oxygen atoms in total. The van der Waals surface area contributed by atoms with Gasteiger partial charge >= 0.3 is 5.76 Å². The first-order valence-corrected chi connectivity index (χ1v) is 6.45. The summed E-state index contributed by atoms with van der Waals surface area (Å²) in [4.78, 5) is 3.64. The van der Waals surface area contributed by atoms with Gasteiger partial charge in [-0.25, -0.2) is 13.4 Å². The third-order valence-corrected chi connectivity index (χ3v) is 4.68. The van der Waals surface area contributed by atoms with Crippen molar-refractivity contribution in [3.8, 4) is 0 Å². The van der Waals surface area contributed by atoms with Gasteiger partial charge < -0.3 is 5.73 Å². The summed E-state index contributed by atoms with van der Waals surface area (Å²) in [6.07, 6.45) is 0. The number of rotatable bonds is 2. The standard InChI is InChI=1S/C8H6F2N2O2S2/c9-7(10)16(13,14)8-12-5-2-1-4(11)3-6(5)15-8/h1-3,7H,11H2. The summed E-state index contributed by atoms with van der Waals surface area (Å²) in [5, 5.41) is 0. The molecule has 2 rings (SSSR count). The van der Waals surface area contributed by atoms with Gasteiger partial charge in [-0.05, 0) is 18.2 Å². The van der Waals surface area contributed by atoms with E-state index < -0.39 is 19.9 Å². The van der Waals surface area contributed by atoms with Gasteiger partial charge in [0.25, 0.3) is 9.84 Å². The molecule has 0 amide bonds. The van der Waals surface area contributed by atoms with Crippen molar-refractivity contribution in [2.75, 3.05) is 5.73 Å². The van der Waals surface area contributed by atoms with Gasteiger partial charge in [0.1, 0.15) is 0 Å². The highest BCUT2D eigenvalue weighted by molar-refractivity contribution is 7.93. The quantitative estimate of drug-likeness (QED) is 0.840. The molecule has 0 unspecified atom stereocenters. The number of alkyl halides is 2. The zero-order valence-electron chi connectivity index (χ0n) is 7.72. The molecule has 86 valence electrons. The lowest BCUT2D eigenvalue weighted by atomic mass is 10.3. The second-order valence-corrected chi connectivity index (χ2v) is 6.13. The van der Waals surface area contributed by atoms with E-state index in [1.165, 1.54) is 18.2 Å². The molecule has 0 aliphatic rings. The lowest BCUT2D eigenvalue weighted by Gasteiger charge is -1.95. The molecular formula is C8H6F2N2O2S2. The summed E-state index contributed by atoms with van der Waals surface area (Å²) in [6, 6.07) is 4.52. The van der Waals surface area contributed by atoms with Gasteiger partial charge in [-0.1, -0.05) is 0 Å². The van der Waals surface area contributed by atoms with Crippen molar-refractivity contribution < 1.29 is 17.2 Å². The number of benzene rings is 1. The lowest BCUT2D eigenvalue weighted by Crippen LogP contribution is -2.10. The highest BCUT2D eigenvalue weighted by Crippen LogP contribution is 2.29. The van der Waals surface area contributed by atoms with Crippen LogP contribution in [0.1, 0.15) is 0 Å². The molecule has 0 spiro atoms. The summed E-state index contributed by atoms with van der Waals surface area (Å²) in [5.74, 6) is -3.45. The molecule has 0 radical (unpaired) electrons. The number of nitrogens with two attached hydrogens (primary N) is 1. The first kappa shape index (κ1) is 11.2. The molecule has 0 atom stereocenters. The minimum Gasteiger partial charge on any atom is -0.399 e. The summed E-state index contributed by atoms with van der Waals surface area (Å²) >= 11 is 0.688. The van der Waals surface area contributed by atoms with Crippen molar-refractivity contribution in [2.45, 2.75) is 10.1 Å². The zero-order chi connectivity index (χ0) is 11.9. The Morgan fingerprint density at radius 1 is 1.38 bits per heavy atom. The molecule has 0 fully saturated rings. The molecule has 16 heavy (non-hydrogen) atoms. The minimum atomic E-state index is -4.62. The Morgan fingerprint density at radius 3 is 2.69 bits per heavy atom. The molecular weight excluding hydrogens is 258 g/mol. The molecule has 1 aromatic carbocycles. The maximum Gasteiger partial charge on any atom is 0.343 e. The molecule has 0 saturated heterocycles. The van der Waals surface area contributed by atoms with Crippen molar-refractivity contribution >= 4 is 37.1 Å². The molecule has 1 aromatic heterocycles. The number of hydrogen-bond acceptors (Lipinski definition) is 5. The molecule has 8 heteroatoms. The van der Waals surface area contributed by atoms with Crippen LogP contribution in [0.5, 0.6) is 0 Å². The molecule has 2 N–H and O–H groups in total. The molecule has 2 aromatic rings.